The number of nitrogen functional groups attached to an aromatic ring is 1. The van der Waals surface area contributed by atoms with Crippen molar-refractivity contribution >= 4 is 11.7 Å². The Hall–Kier alpha value is -2.37. The molecule has 0 aliphatic rings. The number of nitrogens with zero attached hydrogens (tertiary/aromatic N) is 2. The monoisotopic (exact) mass is 263 g/mol. The minimum Gasteiger partial charge on any atom is -0.462 e. The zero-order valence-electron chi connectivity index (χ0n) is 10.5. The highest BCUT2D eigenvalue weighted by Gasteiger charge is 2.10. The first-order valence-corrected chi connectivity index (χ1v) is 5.76. The second-order valence-electron chi connectivity index (χ2n) is 4.08. The number of esters is 1. The van der Waals surface area contributed by atoms with Gasteiger partial charge in [-0.2, -0.15) is 0 Å². The summed E-state index contributed by atoms with van der Waals surface area (Å²) in [5.41, 5.74) is 5.48. The van der Waals surface area contributed by atoms with Crippen LogP contribution in [-0.2, 0) is 18.2 Å². The van der Waals surface area contributed by atoms with E-state index in [0.29, 0.717) is 6.42 Å². The van der Waals surface area contributed by atoms with Gasteiger partial charge < -0.3 is 15.0 Å². The molecular formula is C13H14FN3O2. The van der Waals surface area contributed by atoms with Crippen LogP contribution in [0.25, 0.3) is 0 Å². The number of anilines is 1. The fourth-order valence-corrected chi connectivity index (χ4v) is 1.61. The quantitative estimate of drug-likeness (QED) is 0.671. The van der Waals surface area contributed by atoms with Crippen LogP contribution >= 0.6 is 0 Å². The van der Waals surface area contributed by atoms with Crippen molar-refractivity contribution < 1.29 is 13.9 Å². The molecule has 0 aliphatic carbocycles. The highest BCUT2D eigenvalue weighted by Crippen LogP contribution is 2.12. The Labute approximate surface area is 109 Å². The van der Waals surface area contributed by atoms with Gasteiger partial charge >= 0.3 is 5.97 Å². The van der Waals surface area contributed by atoms with E-state index in [9.17, 15) is 9.18 Å². The van der Waals surface area contributed by atoms with Gasteiger partial charge in [0.2, 0.25) is 0 Å². The molecule has 2 aromatic rings. The molecular weight excluding hydrogens is 249 g/mol. The van der Waals surface area contributed by atoms with Crippen molar-refractivity contribution in [2.45, 2.75) is 6.42 Å². The Morgan fingerprint density at radius 1 is 1.53 bits per heavy atom. The van der Waals surface area contributed by atoms with Crippen LogP contribution in [0.15, 0.2) is 30.6 Å². The van der Waals surface area contributed by atoms with Gasteiger partial charge in [0.15, 0.2) is 0 Å². The molecule has 0 spiro atoms. The normalized spacial score (nSPS) is 10.4. The van der Waals surface area contributed by atoms with Crippen LogP contribution in [0.2, 0.25) is 0 Å². The predicted molar refractivity (Wildman–Crippen MR) is 68.0 cm³/mol. The summed E-state index contributed by atoms with van der Waals surface area (Å²) in [6, 6.07) is 3.84. The molecule has 0 atom stereocenters. The summed E-state index contributed by atoms with van der Waals surface area (Å²) in [6.45, 7) is 0.190. The van der Waals surface area contributed by atoms with Crippen molar-refractivity contribution in [3.63, 3.8) is 0 Å². The minimum atomic E-state index is -0.626. The number of ether oxygens (including phenoxy) is 1. The Morgan fingerprint density at radius 3 is 2.95 bits per heavy atom. The van der Waals surface area contributed by atoms with Gasteiger partial charge in [-0.1, -0.05) is 0 Å². The second kappa shape index (κ2) is 5.51. The van der Waals surface area contributed by atoms with Gasteiger partial charge in [0.1, 0.15) is 11.6 Å². The largest absolute Gasteiger partial charge is 0.462 e. The zero-order valence-corrected chi connectivity index (χ0v) is 10.5. The summed E-state index contributed by atoms with van der Waals surface area (Å²) in [5.74, 6) is -0.386. The first-order chi connectivity index (χ1) is 9.08. The van der Waals surface area contributed by atoms with E-state index in [2.05, 4.69) is 4.98 Å². The van der Waals surface area contributed by atoms with Crippen LogP contribution in [0.3, 0.4) is 0 Å². The number of aromatic nitrogens is 2. The van der Waals surface area contributed by atoms with E-state index >= 15 is 0 Å². The molecule has 0 amide bonds. The van der Waals surface area contributed by atoms with E-state index in [1.54, 1.807) is 6.20 Å². The van der Waals surface area contributed by atoms with Crippen molar-refractivity contribution in [1.82, 2.24) is 9.55 Å². The van der Waals surface area contributed by atoms with Gasteiger partial charge in [0.05, 0.1) is 17.9 Å². The van der Waals surface area contributed by atoms with Gasteiger partial charge in [-0.05, 0) is 18.2 Å². The van der Waals surface area contributed by atoms with Gasteiger partial charge in [-0.3, -0.25) is 0 Å². The molecule has 1 heterocycles. The summed E-state index contributed by atoms with van der Waals surface area (Å²) in [6.07, 6.45) is 3.99. The van der Waals surface area contributed by atoms with E-state index in [1.165, 1.54) is 12.1 Å². The summed E-state index contributed by atoms with van der Waals surface area (Å²) < 4.78 is 20.1. The van der Waals surface area contributed by atoms with E-state index < -0.39 is 11.8 Å². The first kappa shape index (κ1) is 13.1. The molecule has 0 bridgehead atoms. The van der Waals surface area contributed by atoms with E-state index in [0.717, 1.165) is 11.9 Å². The smallest absolute Gasteiger partial charge is 0.338 e. The molecule has 0 saturated carbocycles. The third-order valence-electron chi connectivity index (χ3n) is 2.72. The molecule has 5 nitrogen and oxygen atoms in total. The van der Waals surface area contributed by atoms with Crippen LogP contribution in [-0.4, -0.2) is 22.1 Å². The molecule has 0 aliphatic heterocycles. The molecule has 19 heavy (non-hydrogen) atoms. The van der Waals surface area contributed by atoms with Crippen molar-refractivity contribution in [3.05, 3.63) is 47.8 Å². The summed E-state index contributed by atoms with van der Waals surface area (Å²) in [7, 11) is 1.86. The van der Waals surface area contributed by atoms with E-state index in [4.69, 9.17) is 10.5 Å². The van der Waals surface area contributed by atoms with Gasteiger partial charge in [-0.25, -0.2) is 14.2 Å². The van der Waals surface area contributed by atoms with Crippen molar-refractivity contribution in [3.8, 4) is 0 Å². The molecule has 0 unspecified atom stereocenters. The average molecular weight is 263 g/mol. The Kier molecular flexibility index (Phi) is 3.79. The van der Waals surface area contributed by atoms with Crippen LogP contribution in [0.4, 0.5) is 10.1 Å². The standard InChI is InChI=1S/C13H14FN3O2/c1-17-6-5-16-12(17)4-7-19-13(18)9-2-3-11(15)10(14)8-9/h2-3,5-6,8H,4,7,15H2,1H3. The van der Waals surface area contributed by atoms with Crippen LogP contribution in [0, 0.1) is 5.82 Å². The number of aryl methyl sites for hydroxylation is 1. The molecule has 0 saturated heterocycles. The molecule has 2 N–H and O–H groups in total. The van der Waals surface area contributed by atoms with Gasteiger partial charge in [-0.15, -0.1) is 0 Å². The number of halogens is 1. The number of hydrogen-bond acceptors (Lipinski definition) is 4. The Morgan fingerprint density at radius 2 is 2.32 bits per heavy atom. The third-order valence-corrected chi connectivity index (χ3v) is 2.72. The van der Waals surface area contributed by atoms with Crippen molar-refractivity contribution in [1.29, 1.82) is 0 Å². The maximum Gasteiger partial charge on any atom is 0.338 e. The lowest BCUT2D eigenvalue weighted by molar-refractivity contribution is 0.0506. The van der Waals surface area contributed by atoms with Gasteiger partial charge in [0.25, 0.3) is 0 Å². The lowest BCUT2D eigenvalue weighted by atomic mass is 10.2. The minimum absolute atomic E-state index is 0.00422. The zero-order chi connectivity index (χ0) is 13.8. The Balaban J connectivity index is 1.91. The van der Waals surface area contributed by atoms with Crippen LogP contribution in [0.1, 0.15) is 16.2 Å². The van der Waals surface area contributed by atoms with Gasteiger partial charge in [0, 0.05) is 25.9 Å². The lowest BCUT2D eigenvalue weighted by Crippen LogP contribution is -2.10. The number of nitrogens with two attached hydrogens (primary N) is 1. The highest BCUT2D eigenvalue weighted by molar-refractivity contribution is 5.89. The number of imidazole rings is 1. The molecule has 1 aromatic heterocycles. The maximum absolute atomic E-state index is 13.2. The highest BCUT2D eigenvalue weighted by atomic mass is 19.1. The first-order valence-electron chi connectivity index (χ1n) is 5.76. The summed E-state index contributed by atoms with van der Waals surface area (Å²) >= 11 is 0. The van der Waals surface area contributed by atoms with Crippen LogP contribution < -0.4 is 5.73 Å². The number of benzene rings is 1. The predicted octanol–water partition coefficient (Wildman–Crippen LogP) is 1.54. The number of carbonyl (C=O) groups is 1. The van der Waals surface area contributed by atoms with Crippen LogP contribution in [0.5, 0.6) is 0 Å². The van der Waals surface area contributed by atoms with E-state index in [1.807, 2.05) is 17.8 Å². The SMILES string of the molecule is Cn1ccnc1CCOC(=O)c1ccc(N)c(F)c1. The third kappa shape index (κ3) is 3.09. The molecule has 1 aromatic carbocycles. The maximum atomic E-state index is 13.2. The average Bonchev–Trinajstić information content (AvgIpc) is 2.78. The van der Waals surface area contributed by atoms with Crippen molar-refractivity contribution in [2.24, 2.45) is 7.05 Å². The number of carbonyl (C=O) groups excluding carboxylic acids is 1. The fourth-order valence-electron chi connectivity index (χ4n) is 1.61. The molecule has 100 valence electrons. The topological polar surface area (TPSA) is 70.1 Å². The molecule has 0 radical (unpaired) electrons. The summed E-state index contributed by atoms with van der Waals surface area (Å²) in [5, 5.41) is 0. The molecule has 0 fully saturated rings. The number of hydrogen-bond donors (Lipinski definition) is 1. The Bertz CT molecular complexity index is 595. The summed E-state index contributed by atoms with van der Waals surface area (Å²) in [4.78, 5) is 15.8. The molecule has 6 heteroatoms. The van der Waals surface area contributed by atoms with Crippen molar-refractivity contribution in [2.75, 3.05) is 12.3 Å². The number of rotatable bonds is 4. The second-order valence-corrected chi connectivity index (χ2v) is 4.08. The van der Waals surface area contributed by atoms with E-state index in [-0.39, 0.29) is 17.9 Å². The fraction of sp³-hybridized carbons (Fsp3) is 0.231. The molecule has 2 rings (SSSR count). The lowest BCUT2D eigenvalue weighted by Gasteiger charge is -2.06.